The van der Waals surface area contributed by atoms with E-state index in [1.54, 1.807) is 0 Å². The lowest BCUT2D eigenvalue weighted by Gasteiger charge is -2.24. The molecule has 0 aromatic heterocycles. The van der Waals surface area contributed by atoms with Crippen molar-refractivity contribution in [3.8, 4) is 0 Å². The van der Waals surface area contributed by atoms with Crippen molar-refractivity contribution >= 4 is 11.8 Å². The number of nitrogens with one attached hydrogen (secondary N) is 1. The van der Waals surface area contributed by atoms with Gasteiger partial charge in [0.2, 0.25) is 11.8 Å². The Hall–Kier alpha value is -1.84. The number of hydrogen-bond acceptors (Lipinski definition) is 2. The molecule has 4 nitrogen and oxygen atoms in total. The van der Waals surface area contributed by atoms with E-state index in [9.17, 15) is 9.59 Å². The van der Waals surface area contributed by atoms with E-state index in [0.29, 0.717) is 25.9 Å². The van der Waals surface area contributed by atoms with Crippen molar-refractivity contribution in [2.45, 2.75) is 52.1 Å². The van der Waals surface area contributed by atoms with E-state index in [2.05, 4.69) is 29.6 Å². The van der Waals surface area contributed by atoms with Gasteiger partial charge < -0.3 is 10.2 Å². The first-order chi connectivity index (χ1) is 10.1. The molecule has 4 heteroatoms. The van der Waals surface area contributed by atoms with E-state index in [1.165, 1.54) is 5.56 Å². The van der Waals surface area contributed by atoms with Gasteiger partial charge in [-0.25, -0.2) is 0 Å². The van der Waals surface area contributed by atoms with Crippen molar-refractivity contribution in [3.05, 3.63) is 35.4 Å². The van der Waals surface area contributed by atoms with Crippen LogP contribution in [0.2, 0.25) is 0 Å². The van der Waals surface area contributed by atoms with Crippen molar-refractivity contribution in [1.29, 1.82) is 0 Å². The Morgan fingerprint density at radius 1 is 1.33 bits per heavy atom. The summed E-state index contributed by atoms with van der Waals surface area (Å²) in [5.41, 5.74) is 2.33. The molecule has 1 unspecified atom stereocenters. The number of rotatable bonds is 6. The number of likely N-dealkylation sites (tertiary alicyclic amines) is 1. The molecule has 1 saturated heterocycles. The molecule has 1 aromatic carbocycles. The third kappa shape index (κ3) is 4.31. The number of benzene rings is 1. The Morgan fingerprint density at radius 3 is 2.71 bits per heavy atom. The van der Waals surface area contributed by atoms with Gasteiger partial charge in [0.15, 0.2) is 0 Å². The van der Waals surface area contributed by atoms with Crippen LogP contribution in [-0.2, 0) is 16.1 Å². The van der Waals surface area contributed by atoms with Crippen LogP contribution in [0.4, 0.5) is 0 Å². The molecule has 1 aliphatic rings. The molecule has 0 spiro atoms. The summed E-state index contributed by atoms with van der Waals surface area (Å²) in [6.07, 6.45) is 2.68. The van der Waals surface area contributed by atoms with Gasteiger partial charge in [-0.2, -0.15) is 0 Å². The zero-order chi connectivity index (χ0) is 15.2. The number of amides is 2. The first-order valence-corrected chi connectivity index (χ1v) is 7.72. The van der Waals surface area contributed by atoms with Crippen molar-refractivity contribution in [2.75, 3.05) is 6.54 Å². The van der Waals surface area contributed by atoms with Crippen LogP contribution in [0.5, 0.6) is 0 Å². The molecule has 0 aliphatic carbocycles. The first kappa shape index (κ1) is 15.5. The predicted molar refractivity (Wildman–Crippen MR) is 82.7 cm³/mol. The Labute approximate surface area is 126 Å². The smallest absolute Gasteiger partial charge is 0.223 e. The lowest BCUT2D eigenvalue weighted by atomic mass is 10.1. The van der Waals surface area contributed by atoms with Crippen molar-refractivity contribution in [2.24, 2.45) is 0 Å². The molecule has 21 heavy (non-hydrogen) atoms. The largest absolute Gasteiger partial charge is 0.356 e. The Balaban J connectivity index is 1.96. The second-order valence-electron chi connectivity index (χ2n) is 5.75. The number of hydrogen-bond donors (Lipinski definition) is 1. The Morgan fingerprint density at radius 2 is 2.05 bits per heavy atom. The van der Waals surface area contributed by atoms with Crippen molar-refractivity contribution < 1.29 is 9.59 Å². The van der Waals surface area contributed by atoms with Crippen LogP contribution in [0.1, 0.15) is 43.7 Å². The molecule has 114 valence electrons. The molecule has 1 aromatic rings. The highest BCUT2D eigenvalue weighted by molar-refractivity contribution is 5.82. The highest BCUT2D eigenvalue weighted by Crippen LogP contribution is 2.24. The highest BCUT2D eigenvalue weighted by atomic mass is 16.2. The molecule has 2 amide bonds. The summed E-state index contributed by atoms with van der Waals surface area (Å²) in [5.74, 6) is 0.203. The minimum absolute atomic E-state index is 0.0376. The van der Waals surface area contributed by atoms with Crippen LogP contribution in [-0.4, -0.2) is 29.3 Å². The fraction of sp³-hybridized carbons (Fsp3) is 0.529. The summed E-state index contributed by atoms with van der Waals surface area (Å²) in [5, 5.41) is 2.89. The molecule has 0 radical (unpaired) electrons. The van der Waals surface area contributed by atoms with Gasteiger partial charge in [0, 0.05) is 32.0 Å². The minimum Gasteiger partial charge on any atom is -0.356 e. The first-order valence-electron chi connectivity index (χ1n) is 7.72. The van der Waals surface area contributed by atoms with Gasteiger partial charge in [-0.05, 0) is 25.3 Å². The van der Waals surface area contributed by atoms with Crippen LogP contribution in [0.25, 0.3) is 0 Å². The van der Waals surface area contributed by atoms with E-state index in [-0.39, 0.29) is 17.9 Å². The molecule has 2 rings (SSSR count). The van der Waals surface area contributed by atoms with Crippen LogP contribution < -0.4 is 5.32 Å². The van der Waals surface area contributed by atoms with Crippen LogP contribution in [0.3, 0.4) is 0 Å². The second-order valence-corrected chi connectivity index (χ2v) is 5.75. The van der Waals surface area contributed by atoms with Crippen molar-refractivity contribution in [1.82, 2.24) is 10.2 Å². The maximum atomic E-state index is 12.0. The van der Waals surface area contributed by atoms with E-state index in [0.717, 1.165) is 18.4 Å². The number of carbonyl (C=O) groups excluding carboxylic acids is 2. The average molecular weight is 288 g/mol. The lowest BCUT2D eigenvalue weighted by Crippen LogP contribution is -2.37. The summed E-state index contributed by atoms with van der Waals surface area (Å²) in [6, 6.07) is 8.25. The third-order valence-corrected chi connectivity index (χ3v) is 3.92. The molecule has 0 bridgehead atoms. The molecule has 1 N–H and O–H groups in total. The van der Waals surface area contributed by atoms with Gasteiger partial charge in [0.05, 0.1) is 0 Å². The van der Waals surface area contributed by atoms with Crippen LogP contribution in [0.15, 0.2) is 24.3 Å². The summed E-state index contributed by atoms with van der Waals surface area (Å²) in [6.45, 7) is 5.39. The molecule has 0 saturated carbocycles. The number of aryl methyl sites for hydroxylation is 1. The lowest BCUT2D eigenvalue weighted by molar-refractivity contribution is -0.130. The number of nitrogens with zero attached hydrogens (tertiary/aromatic N) is 1. The summed E-state index contributed by atoms with van der Waals surface area (Å²) >= 11 is 0. The highest BCUT2D eigenvalue weighted by Gasteiger charge is 2.32. The van der Waals surface area contributed by atoms with E-state index >= 15 is 0 Å². The van der Waals surface area contributed by atoms with Gasteiger partial charge in [0.1, 0.15) is 0 Å². The topological polar surface area (TPSA) is 49.4 Å². The fourth-order valence-corrected chi connectivity index (χ4v) is 2.66. The molecular formula is C17H24N2O2. The van der Waals surface area contributed by atoms with E-state index in [1.807, 2.05) is 18.7 Å². The molecule has 1 aliphatic heterocycles. The van der Waals surface area contributed by atoms with Gasteiger partial charge in [-0.15, -0.1) is 0 Å². The van der Waals surface area contributed by atoms with Gasteiger partial charge >= 0.3 is 0 Å². The maximum absolute atomic E-state index is 12.0. The monoisotopic (exact) mass is 288 g/mol. The Bertz CT molecular complexity index is 496. The molecule has 1 heterocycles. The predicted octanol–water partition coefficient (Wildman–Crippen LogP) is 2.40. The van der Waals surface area contributed by atoms with Gasteiger partial charge in [-0.3, -0.25) is 9.59 Å². The molecule has 1 atom stereocenters. The fourth-order valence-electron chi connectivity index (χ4n) is 2.66. The summed E-state index contributed by atoms with van der Waals surface area (Å²) in [4.78, 5) is 25.8. The second kappa shape index (κ2) is 7.25. The minimum atomic E-state index is 0.0376. The molecule has 1 fully saturated rings. The van der Waals surface area contributed by atoms with E-state index < -0.39 is 0 Å². The van der Waals surface area contributed by atoms with Crippen LogP contribution in [0, 0.1) is 6.92 Å². The quantitative estimate of drug-likeness (QED) is 0.874. The standard InChI is InChI=1S/C17H24N2O2/c1-3-10-18-16(20)11-15-8-9-17(21)19(15)12-14-6-4-13(2)5-7-14/h4-7,15H,3,8-12H2,1-2H3,(H,18,20). The zero-order valence-corrected chi connectivity index (χ0v) is 12.9. The Kier molecular flexibility index (Phi) is 5.37. The maximum Gasteiger partial charge on any atom is 0.223 e. The summed E-state index contributed by atoms with van der Waals surface area (Å²) < 4.78 is 0. The van der Waals surface area contributed by atoms with Gasteiger partial charge in [0.25, 0.3) is 0 Å². The summed E-state index contributed by atoms with van der Waals surface area (Å²) in [7, 11) is 0. The van der Waals surface area contributed by atoms with Gasteiger partial charge in [-0.1, -0.05) is 36.8 Å². The van der Waals surface area contributed by atoms with E-state index in [4.69, 9.17) is 0 Å². The van der Waals surface area contributed by atoms with Crippen molar-refractivity contribution in [3.63, 3.8) is 0 Å². The molecular weight excluding hydrogens is 264 g/mol. The third-order valence-electron chi connectivity index (χ3n) is 3.92. The normalized spacial score (nSPS) is 18.1. The SMILES string of the molecule is CCCNC(=O)CC1CCC(=O)N1Cc1ccc(C)cc1. The zero-order valence-electron chi connectivity index (χ0n) is 12.9. The average Bonchev–Trinajstić information content (AvgIpc) is 2.80. The van der Waals surface area contributed by atoms with Crippen LogP contribution >= 0.6 is 0 Å². The number of carbonyl (C=O) groups is 2.